The molecule has 4 nitrogen and oxygen atoms in total. The van der Waals surface area contributed by atoms with Gasteiger partial charge in [0.2, 0.25) is 5.91 Å². The van der Waals surface area contributed by atoms with E-state index in [0.717, 1.165) is 12.1 Å². The smallest absolute Gasteiger partial charge is 0.227 e. The third-order valence-electron chi connectivity index (χ3n) is 2.95. The van der Waals surface area contributed by atoms with Crippen LogP contribution in [0.3, 0.4) is 0 Å². The van der Waals surface area contributed by atoms with Crippen molar-refractivity contribution in [2.45, 2.75) is 18.6 Å². The molecule has 1 saturated heterocycles. The Morgan fingerprint density at radius 3 is 2.39 bits per heavy atom. The number of aliphatic hydroxyl groups excluding tert-OH is 2. The fourth-order valence-corrected chi connectivity index (χ4v) is 1.91. The van der Waals surface area contributed by atoms with E-state index in [1.807, 2.05) is 0 Å². The molecule has 1 heterocycles. The van der Waals surface area contributed by atoms with Crippen molar-refractivity contribution >= 4 is 5.91 Å². The summed E-state index contributed by atoms with van der Waals surface area (Å²) in [6.45, 7) is 0.118. The van der Waals surface area contributed by atoms with E-state index in [1.165, 1.54) is 11.0 Å². The first-order valence-electron chi connectivity index (χ1n) is 5.55. The zero-order valence-corrected chi connectivity index (χ0v) is 9.51. The average Bonchev–Trinajstić information content (AvgIpc) is 2.65. The first-order chi connectivity index (χ1) is 8.47. The average molecular weight is 257 g/mol. The summed E-state index contributed by atoms with van der Waals surface area (Å²) in [5.74, 6) is -2.29. The second-order valence-electron chi connectivity index (χ2n) is 4.36. The van der Waals surface area contributed by atoms with Gasteiger partial charge in [0.25, 0.3) is 0 Å². The Morgan fingerprint density at radius 1 is 1.22 bits per heavy atom. The van der Waals surface area contributed by atoms with E-state index in [0.29, 0.717) is 5.56 Å². The Labute approximate surface area is 102 Å². The highest BCUT2D eigenvalue weighted by molar-refractivity contribution is 5.79. The van der Waals surface area contributed by atoms with Gasteiger partial charge in [0, 0.05) is 13.1 Å². The van der Waals surface area contributed by atoms with Crippen LogP contribution in [0, 0.1) is 11.6 Å². The number of aliphatic hydroxyl groups is 2. The Kier molecular flexibility index (Phi) is 3.58. The minimum Gasteiger partial charge on any atom is -0.388 e. The summed E-state index contributed by atoms with van der Waals surface area (Å²) in [7, 11) is 0. The van der Waals surface area contributed by atoms with Gasteiger partial charge in [-0.3, -0.25) is 4.79 Å². The highest BCUT2D eigenvalue weighted by Crippen LogP contribution is 2.14. The van der Waals surface area contributed by atoms with Crippen molar-refractivity contribution in [1.29, 1.82) is 0 Å². The SMILES string of the molecule is O=C(Cc1ccc(F)c(F)c1)N1C[C@@H](O)[C@@H](O)C1. The quantitative estimate of drug-likeness (QED) is 0.788. The number of rotatable bonds is 2. The van der Waals surface area contributed by atoms with E-state index < -0.39 is 23.8 Å². The molecule has 0 spiro atoms. The van der Waals surface area contributed by atoms with Gasteiger partial charge in [0.15, 0.2) is 11.6 Å². The van der Waals surface area contributed by atoms with Crippen LogP contribution in [0.25, 0.3) is 0 Å². The number of hydrogen-bond acceptors (Lipinski definition) is 3. The fourth-order valence-electron chi connectivity index (χ4n) is 1.91. The first-order valence-corrected chi connectivity index (χ1v) is 5.55. The van der Waals surface area contributed by atoms with E-state index in [1.54, 1.807) is 0 Å². The largest absolute Gasteiger partial charge is 0.388 e. The summed E-state index contributed by atoms with van der Waals surface area (Å²) in [5.41, 5.74) is 0.356. The molecule has 1 aromatic rings. The third kappa shape index (κ3) is 2.65. The molecule has 1 aliphatic heterocycles. The van der Waals surface area contributed by atoms with Crippen molar-refractivity contribution in [3.8, 4) is 0 Å². The van der Waals surface area contributed by atoms with Gasteiger partial charge in [-0.2, -0.15) is 0 Å². The summed E-state index contributed by atoms with van der Waals surface area (Å²) in [6.07, 6.45) is -1.98. The number of benzene rings is 1. The van der Waals surface area contributed by atoms with Gasteiger partial charge in [0.05, 0.1) is 18.6 Å². The molecule has 0 saturated carbocycles. The molecule has 1 amide bonds. The zero-order chi connectivity index (χ0) is 13.3. The summed E-state index contributed by atoms with van der Waals surface area (Å²) in [6, 6.07) is 3.26. The second-order valence-corrected chi connectivity index (χ2v) is 4.36. The minimum absolute atomic E-state index is 0.0592. The highest BCUT2D eigenvalue weighted by atomic mass is 19.2. The van der Waals surface area contributed by atoms with E-state index in [4.69, 9.17) is 0 Å². The second kappa shape index (κ2) is 4.99. The minimum atomic E-state index is -0.998. The number of carbonyl (C=O) groups is 1. The molecule has 18 heavy (non-hydrogen) atoms. The van der Waals surface area contributed by atoms with E-state index in [9.17, 15) is 23.8 Å². The van der Waals surface area contributed by atoms with Gasteiger partial charge in [-0.15, -0.1) is 0 Å². The zero-order valence-electron chi connectivity index (χ0n) is 9.51. The first kappa shape index (κ1) is 12.9. The topological polar surface area (TPSA) is 60.8 Å². The molecule has 2 rings (SSSR count). The highest BCUT2D eigenvalue weighted by Gasteiger charge is 2.32. The lowest BCUT2D eigenvalue weighted by Gasteiger charge is -2.15. The van der Waals surface area contributed by atoms with Crippen LogP contribution in [-0.2, 0) is 11.2 Å². The monoisotopic (exact) mass is 257 g/mol. The van der Waals surface area contributed by atoms with Crippen LogP contribution in [-0.4, -0.2) is 46.3 Å². The normalized spacial score (nSPS) is 23.4. The number of β-amino-alcohol motifs (C(OH)–C–C–N with tert-alkyl or cyclic N) is 2. The molecule has 1 aromatic carbocycles. The van der Waals surface area contributed by atoms with Crippen LogP contribution in [0.15, 0.2) is 18.2 Å². The van der Waals surface area contributed by atoms with E-state index in [-0.39, 0.29) is 25.4 Å². The molecule has 0 bridgehead atoms. The Balaban J connectivity index is 2.01. The van der Waals surface area contributed by atoms with Crippen molar-refractivity contribution < 1.29 is 23.8 Å². The maximum Gasteiger partial charge on any atom is 0.227 e. The third-order valence-corrected chi connectivity index (χ3v) is 2.95. The molecule has 1 fully saturated rings. The molecule has 2 atom stereocenters. The predicted octanol–water partition coefficient (Wildman–Crippen LogP) is 0.0713. The van der Waals surface area contributed by atoms with Crippen LogP contribution < -0.4 is 0 Å². The van der Waals surface area contributed by atoms with Crippen LogP contribution in [0.4, 0.5) is 8.78 Å². The molecule has 98 valence electrons. The van der Waals surface area contributed by atoms with Crippen LogP contribution in [0.2, 0.25) is 0 Å². The summed E-state index contributed by atoms with van der Waals surface area (Å²) in [5, 5.41) is 18.6. The summed E-state index contributed by atoms with van der Waals surface area (Å²) < 4.78 is 25.7. The number of carbonyl (C=O) groups excluding carboxylic acids is 1. The fraction of sp³-hybridized carbons (Fsp3) is 0.417. The van der Waals surface area contributed by atoms with Crippen LogP contribution in [0.5, 0.6) is 0 Å². The summed E-state index contributed by atoms with van der Waals surface area (Å²) >= 11 is 0. The molecular formula is C12H13F2NO3. The lowest BCUT2D eigenvalue weighted by atomic mass is 10.1. The standard InChI is InChI=1S/C12H13F2NO3/c13-8-2-1-7(3-9(8)14)4-12(18)15-5-10(16)11(17)6-15/h1-3,10-11,16-17H,4-6H2/t10-,11+. The number of nitrogens with zero attached hydrogens (tertiary/aromatic N) is 1. The van der Waals surface area contributed by atoms with Crippen molar-refractivity contribution in [3.05, 3.63) is 35.4 Å². The predicted molar refractivity (Wildman–Crippen MR) is 58.7 cm³/mol. The Morgan fingerprint density at radius 2 is 1.83 bits per heavy atom. The Hall–Kier alpha value is -1.53. The Bertz CT molecular complexity index is 457. The molecule has 0 radical (unpaired) electrons. The van der Waals surface area contributed by atoms with Gasteiger partial charge in [-0.05, 0) is 17.7 Å². The van der Waals surface area contributed by atoms with Crippen molar-refractivity contribution in [2.24, 2.45) is 0 Å². The number of amides is 1. The number of halogens is 2. The van der Waals surface area contributed by atoms with Crippen molar-refractivity contribution in [2.75, 3.05) is 13.1 Å². The molecule has 0 unspecified atom stereocenters. The van der Waals surface area contributed by atoms with Crippen molar-refractivity contribution in [3.63, 3.8) is 0 Å². The molecule has 6 heteroatoms. The molecule has 2 N–H and O–H groups in total. The van der Waals surface area contributed by atoms with E-state index in [2.05, 4.69) is 0 Å². The number of likely N-dealkylation sites (tertiary alicyclic amines) is 1. The number of hydrogen-bond donors (Lipinski definition) is 2. The molecule has 0 aromatic heterocycles. The maximum absolute atomic E-state index is 13.0. The molecular weight excluding hydrogens is 244 g/mol. The van der Waals surface area contributed by atoms with Gasteiger partial charge in [0.1, 0.15) is 0 Å². The van der Waals surface area contributed by atoms with Gasteiger partial charge in [-0.1, -0.05) is 6.07 Å². The maximum atomic E-state index is 13.0. The van der Waals surface area contributed by atoms with Crippen LogP contribution >= 0.6 is 0 Å². The lowest BCUT2D eigenvalue weighted by molar-refractivity contribution is -0.129. The van der Waals surface area contributed by atoms with Crippen LogP contribution in [0.1, 0.15) is 5.56 Å². The van der Waals surface area contributed by atoms with Gasteiger partial charge in [-0.25, -0.2) is 8.78 Å². The molecule has 0 aliphatic carbocycles. The van der Waals surface area contributed by atoms with Gasteiger partial charge < -0.3 is 15.1 Å². The van der Waals surface area contributed by atoms with Crippen molar-refractivity contribution in [1.82, 2.24) is 4.90 Å². The summed E-state index contributed by atoms with van der Waals surface area (Å²) in [4.78, 5) is 13.1. The lowest BCUT2D eigenvalue weighted by Crippen LogP contribution is -2.31. The molecule has 1 aliphatic rings. The van der Waals surface area contributed by atoms with Gasteiger partial charge >= 0.3 is 0 Å². The van der Waals surface area contributed by atoms with E-state index >= 15 is 0 Å².